The number of nitrogens with zero attached hydrogens (tertiary/aromatic N) is 2. The quantitative estimate of drug-likeness (QED) is 0.742. The third-order valence-electron chi connectivity index (χ3n) is 5.35. The predicted octanol–water partition coefficient (Wildman–Crippen LogP) is 4.79. The molecule has 0 aliphatic heterocycles. The van der Waals surface area contributed by atoms with Crippen LogP contribution in [0.25, 0.3) is 0 Å². The molecule has 0 bridgehead atoms. The topological polar surface area (TPSA) is 52.5 Å². The van der Waals surface area contributed by atoms with Crippen molar-refractivity contribution in [1.82, 2.24) is 9.97 Å². The average Bonchev–Trinajstić information content (AvgIpc) is 3.07. The lowest BCUT2D eigenvalue weighted by atomic mass is 9.70. The van der Waals surface area contributed by atoms with Gasteiger partial charge in [0.1, 0.15) is 11.6 Å². The lowest BCUT2D eigenvalue weighted by molar-refractivity contribution is 0.464. The predicted molar refractivity (Wildman–Crippen MR) is 98.4 cm³/mol. The number of aromatic nitrogens is 2. The Morgan fingerprint density at radius 2 is 2.04 bits per heavy atom. The molecule has 3 aromatic rings. The second kappa shape index (κ2) is 6.76. The number of benzene rings is 2. The lowest BCUT2D eigenvalue weighted by Gasteiger charge is -2.34. The zero-order chi connectivity index (χ0) is 18.1. The molecule has 1 aliphatic rings. The molecule has 1 N–H and O–H groups in total. The van der Waals surface area contributed by atoms with Gasteiger partial charge in [-0.25, -0.2) is 9.37 Å². The zero-order valence-corrected chi connectivity index (χ0v) is 14.7. The number of hydrogen-bond acceptors (Lipinski definition) is 2. The minimum Gasteiger partial charge on any atom is -0.346 e. The molecule has 3 nitrogen and oxygen atoms in total. The molecule has 4 rings (SSSR count). The van der Waals surface area contributed by atoms with Crippen LogP contribution in [-0.4, -0.2) is 9.97 Å². The summed E-state index contributed by atoms with van der Waals surface area (Å²) in [6.07, 6.45) is 4.57. The Morgan fingerprint density at radius 3 is 2.73 bits per heavy atom. The first-order valence-corrected chi connectivity index (χ1v) is 8.93. The van der Waals surface area contributed by atoms with Crippen LogP contribution < -0.4 is 0 Å². The summed E-state index contributed by atoms with van der Waals surface area (Å²) in [4.78, 5) is 7.83. The van der Waals surface area contributed by atoms with Crippen LogP contribution in [0.1, 0.15) is 52.0 Å². The Labute approximate surface area is 152 Å². The molecule has 1 aliphatic carbocycles. The second-order valence-electron chi connectivity index (χ2n) is 7.05. The number of rotatable bonds is 3. The van der Waals surface area contributed by atoms with Crippen molar-refractivity contribution in [2.24, 2.45) is 0 Å². The maximum atomic E-state index is 13.4. The Bertz CT molecular complexity index is 966. The van der Waals surface area contributed by atoms with Gasteiger partial charge in [-0.05, 0) is 72.6 Å². The number of nitriles is 1. The molecule has 0 saturated heterocycles. The van der Waals surface area contributed by atoms with Crippen LogP contribution in [0.3, 0.4) is 0 Å². The summed E-state index contributed by atoms with van der Waals surface area (Å²) >= 11 is 0. The molecule has 0 saturated carbocycles. The number of hydrogen-bond donors (Lipinski definition) is 1. The van der Waals surface area contributed by atoms with Crippen LogP contribution in [0.4, 0.5) is 4.39 Å². The van der Waals surface area contributed by atoms with E-state index in [4.69, 9.17) is 0 Å². The van der Waals surface area contributed by atoms with E-state index in [1.165, 1.54) is 23.3 Å². The van der Waals surface area contributed by atoms with E-state index in [1.807, 2.05) is 37.4 Å². The Kier molecular flexibility index (Phi) is 4.30. The fraction of sp³-hybridized carbons (Fsp3) is 0.273. The van der Waals surface area contributed by atoms with E-state index in [9.17, 15) is 9.65 Å². The van der Waals surface area contributed by atoms with Gasteiger partial charge in [-0.3, -0.25) is 0 Å². The van der Waals surface area contributed by atoms with Crippen LogP contribution in [-0.2, 0) is 12.8 Å². The monoisotopic (exact) mass is 345 g/mol. The van der Waals surface area contributed by atoms with Gasteiger partial charge in [0.2, 0.25) is 0 Å². The molecule has 0 amide bonds. The van der Waals surface area contributed by atoms with Gasteiger partial charge in [-0.1, -0.05) is 18.2 Å². The van der Waals surface area contributed by atoms with Gasteiger partial charge in [-0.15, -0.1) is 0 Å². The molecular formula is C22H20FN3. The number of nitrogens with one attached hydrogen (secondary N) is 1. The lowest BCUT2D eigenvalue weighted by Crippen LogP contribution is -2.22. The highest BCUT2D eigenvalue weighted by molar-refractivity contribution is 5.44. The van der Waals surface area contributed by atoms with Crippen molar-refractivity contribution < 1.29 is 4.39 Å². The fourth-order valence-corrected chi connectivity index (χ4v) is 4.12. The van der Waals surface area contributed by atoms with Gasteiger partial charge in [0.25, 0.3) is 0 Å². The first-order valence-electron chi connectivity index (χ1n) is 8.93. The zero-order valence-electron chi connectivity index (χ0n) is 14.7. The number of fused-ring (bicyclic) bond motifs is 1. The Balaban J connectivity index is 1.75. The number of halogens is 1. The van der Waals surface area contributed by atoms with Crippen molar-refractivity contribution in [2.45, 2.75) is 38.0 Å². The van der Waals surface area contributed by atoms with E-state index in [1.54, 1.807) is 0 Å². The molecule has 0 fully saturated rings. The number of H-pyrrole nitrogens is 1. The van der Waals surface area contributed by atoms with E-state index in [2.05, 4.69) is 22.1 Å². The summed E-state index contributed by atoms with van der Waals surface area (Å²) in [7, 11) is 0. The highest BCUT2D eigenvalue weighted by Gasteiger charge is 2.31. The summed E-state index contributed by atoms with van der Waals surface area (Å²) in [6, 6.07) is 15.1. The molecule has 2 atom stereocenters. The number of aromatic amines is 1. The van der Waals surface area contributed by atoms with E-state index in [-0.39, 0.29) is 11.7 Å². The normalized spacial score (nSPS) is 19.0. The van der Waals surface area contributed by atoms with Crippen molar-refractivity contribution in [1.29, 1.82) is 5.26 Å². The van der Waals surface area contributed by atoms with Crippen LogP contribution >= 0.6 is 0 Å². The van der Waals surface area contributed by atoms with Crippen LogP contribution in [0.5, 0.6) is 0 Å². The molecule has 4 heteroatoms. The SMILES string of the molecule is Cc1cnc(C[C@H]2c3ccc(C#N)cc3CC[C@@H]2c2ccc(F)cc2)[nH]1. The molecule has 1 heterocycles. The molecule has 26 heavy (non-hydrogen) atoms. The molecule has 130 valence electrons. The average molecular weight is 345 g/mol. The van der Waals surface area contributed by atoms with E-state index >= 15 is 0 Å². The van der Waals surface area contributed by atoms with Gasteiger partial charge in [0, 0.05) is 18.3 Å². The third-order valence-corrected chi connectivity index (χ3v) is 5.35. The van der Waals surface area contributed by atoms with Gasteiger partial charge in [-0.2, -0.15) is 5.26 Å². The van der Waals surface area contributed by atoms with Gasteiger partial charge in [0.05, 0.1) is 11.6 Å². The Hall–Kier alpha value is -2.93. The highest BCUT2D eigenvalue weighted by Crippen LogP contribution is 2.44. The van der Waals surface area contributed by atoms with Crippen molar-refractivity contribution in [3.05, 3.63) is 88.3 Å². The largest absolute Gasteiger partial charge is 0.346 e. The van der Waals surface area contributed by atoms with E-state index in [0.29, 0.717) is 11.5 Å². The third kappa shape index (κ3) is 3.13. The molecule has 0 unspecified atom stereocenters. The second-order valence-corrected chi connectivity index (χ2v) is 7.05. The first-order chi connectivity index (χ1) is 12.6. The minimum absolute atomic E-state index is 0.207. The van der Waals surface area contributed by atoms with E-state index in [0.717, 1.165) is 36.3 Å². The molecule has 2 aromatic carbocycles. The number of imidazole rings is 1. The van der Waals surface area contributed by atoms with Gasteiger partial charge < -0.3 is 4.98 Å². The first kappa shape index (κ1) is 16.5. The van der Waals surface area contributed by atoms with Crippen molar-refractivity contribution in [3.8, 4) is 6.07 Å². The molecule has 0 spiro atoms. The summed E-state index contributed by atoms with van der Waals surface area (Å²) in [5, 5.41) is 9.20. The molecular weight excluding hydrogens is 325 g/mol. The van der Waals surface area contributed by atoms with Crippen molar-refractivity contribution >= 4 is 0 Å². The summed E-state index contributed by atoms with van der Waals surface area (Å²) in [5.74, 6) is 1.32. The van der Waals surface area contributed by atoms with Crippen molar-refractivity contribution in [2.75, 3.05) is 0 Å². The summed E-state index contributed by atoms with van der Waals surface area (Å²) < 4.78 is 13.4. The standard InChI is InChI=1S/C22H20FN3/c1-14-13-25-22(26-14)11-21-19(16-3-6-18(23)7-4-16)9-5-17-10-15(12-24)2-8-20(17)21/h2-4,6-8,10,13,19,21H,5,9,11H2,1H3,(H,25,26)/t19-,21-/m1/s1. The summed E-state index contributed by atoms with van der Waals surface area (Å²) in [5.41, 5.74) is 5.44. The highest BCUT2D eigenvalue weighted by atomic mass is 19.1. The van der Waals surface area contributed by atoms with Gasteiger partial charge in [0.15, 0.2) is 0 Å². The maximum Gasteiger partial charge on any atom is 0.123 e. The summed E-state index contributed by atoms with van der Waals surface area (Å²) in [6.45, 7) is 2.00. The fourth-order valence-electron chi connectivity index (χ4n) is 4.12. The van der Waals surface area contributed by atoms with Crippen LogP contribution in [0, 0.1) is 24.1 Å². The minimum atomic E-state index is -0.207. The van der Waals surface area contributed by atoms with Crippen molar-refractivity contribution in [3.63, 3.8) is 0 Å². The number of aryl methyl sites for hydroxylation is 2. The van der Waals surface area contributed by atoms with Gasteiger partial charge >= 0.3 is 0 Å². The molecule has 0 radical (unpaired) electrons. The van der Waals surface area contributed by atoms with Crippen LogP contribution in [0.2, 0.25) is 0 Å². The van der Waals surface area contributed by atoms with Crippen LogP contribution in [0.15, 0.2) is 48.7 Å². The molecule has 1 aromatic heterocycles. The maximum absolute atomic E-state index is 13.4. The van der Waals surface area contributed by atoms with E-state index < -0.39 is 0 Å². The smallest absolute Gasteiger partial charge is 0.123 e. The Morgan fingerprint density at radius 1 is 1.23 bits per heavy atom.